The van der Waals surface area contributed by atoms with E-state index in [0.717, 1.165) is 10.0 Å². The molecule has 0 bridgehead atoms. The highest BCUT2D eigenvalue weighted by molar-refractivity contribution is 9.10. The largest absolute Gasteiger partial charge is 0.466 e. The zero-order valence-electron chi connectivity index (χ0n) is 9.49. The Hall–Kier alpha value is -1.62. The maximum absolute atomic E-state index is 11.2. The lowest BCUT2D eigenvalue weighted by Crippen LogP contribution is -2.19. The van der Waals surface area contributed by atoms with Gasteiger partial charge in [0.25, 0.3) is 0 Å². The molecule has 0 aliphatic heterocycles. The molecule has 1 N–H and O–H groups in total. The summed E-state index contributed by atoms with van der Waals surface area (Å²) in [6.07, 6.45) is 1.24. The third-order valence-electron chi connectivity index (χ3n) is 1.93. The molecule has 0 heterocycles. The summed E-state index contributed by atoms with van der Waals surface area (Å²) in [6.45, 7) is 1.38. The lowest BCUT2D eigenvalue weighted by atomic mass is 10.1. The van der Waals surface area contributed by atoms with Crippen LogP contribution in [-0.4, -0.2) is 19.0 Å². The van der Waals surface area contributed by atoms with Gasteiger partial charge in [0.1, 0.15) is 0 Å². The first-order valence-corrected chi connectivity index (χ1v) is 5.65. The van der Waals surface area contributed by atoms with Crippen LogP contribution in [0.3, 0.4) is 0 Å². The molecular formula is C12H12BrNO3. The highest BCUT2D eigenvalue weighted by Gasteiger charge is 2.06. The zero-order valence-corrected chi connectivity index (χ0v) is 11.1. The smallest absolute Gasteiger partial charge is 0.332 e. The second-order valence-corrected chi connectivity index (χ2v) is 4.18. The van der Waals surface area contributed by atoms with Crippen LogP contribution in [0.5, 0.6) is 0 Å². The van der Waals surface area contributed by atoms with Gasteiger partial charge < -0.3 is 10.1 Å². The number of rotatable bonds is 3. The third-order valence-corrected chi connectivity index (χ3v) is 2.46. The van der Waals surface area contributed by atoms with Crippen LogP contribution in [0.1, 0.15) is 12.5 Å². The van der Waals surface area contributed by atoms with E-state index >= 15 is 0 Å². The van der Waals surface area contributed by atoms with E-state index in [9.17, 15) is 9.59 Å². The van der Waals surface area contributed by atoms with Gasteiger partial charge >= 0.3 is 5.97 Å². The Balaban J connectivity index is 3.05. The predicted molar refractivity (Wildman–Crippen MR) is 68.0 cm³/mol. The topological polar surface area (TPSA) is 55.4 Å². The molecule has 0 aliphatic carbocycles. The van der Waals surface area contributed by atoms with Gasteiger partial charge in [-0.25, -0.2) is 4.79 Å². The molecule has 1 rings (SSSR count). The van der Waals surface area contributed by atoms with Crippen LogP contribution in [0.25, 0.3) is 5.70 Å². The molecule has 0 radical (unpaired) electrons. The van der Waals surface area contributed by atoms with Gasteiger partial charge in [0.05, 0.1) is 12.8 Å². The lowest BCUT2D eigenvalue weighted by molar-refractivity contribution is -0.134. The fourth-order valence-electron chi connectivity index (χ4n) is 1.19. The normalized spacial score (nSPS) is 10.9. The Morgan fingerprint density at radius 3 is 2.35 bits per heavy atom. The minimum absolute atomic E-state index is 0.247. The van der Waals surface area contributed by atoms with E-state index in [1.54, 1.807) is 12.1 Å². The van der Waals surface area contributed by atoms with Crippen molar-refractivity contribution in [3.8, 4) is 0 Å². The van der Waals surface area contributed by atoms with Gasteiger partial charge in [-0.1, -0.05) is 28.1 Å². The summed E-state index contributed by atoms with van der Waals surface area (Å²) >= 11 is 3.31. The van der Waals surface area contributed by atoms with E-state index in [2.05, 4.69) is 26.0 Å². The molecule has 5 heteroatoms. The zero-order chi connectivity index (χ0) is 12.8. The lowest BCUT2D eigenvalue weighted by Gasteiger charge is -2.08. The van der Waals surface area contributed by atoms with Crippen molar-refractivity contribution in [1.29, 1.82) is 0 Å². The van der Waals surface area contributed by atoms with Gasteiger partial charge in [0.15, 0.2) is 0 Å². The van der Waals surface area contributed by atoms with Crippen LogP contribution in [-0.2, 0) is 14.3 Å². The number of esters is 1. The van der Waals surface area contributed by atoms with E-state index in [1.807, 2.05) is 12.1 Å². The van der Waals surface area contributed by atoms with E-state index in [4.69, 9.17) is 0 Å². The van der Waals surface area contributed by atoms with Crippen LogP contribution in [0.15, 0.2) is 34.8 Å². The van der Waals surface area contributed by atoms with Gasteiger partial charge in [-0.05, 0) is 17.7 Å². The number of amides is 1. The Morgan fingerprint density at radius 2 is 1.88 bits per heavy atom. The average Bonchev–Trinajstić information content (AvgIpc) is 2.28. The Labute approximate surface area is 108 Å². The van der Waals surface area contributed by atoms with Crippen LogP contribution in [0.2, 0.25) is 0 Å². The van der Waals surface area contributed by atoms with Crippen molar-refractivity contribution in [3.05, 3.63) is 40.4 Å². The standard InChI is InChI=1S/C12H12BrNO3/c1-8(15)14-11(7-12(16)17-2)9-3-5-10(13)6-4-9/h3-7H,1-2H3,(H,14,15)/b11-7+. The SMILES string of the molecule is COC(=O)/C=C(/NC(C)=O)c1ccc(Br)cc1. The number of methoxy groups -OCH3 is 1. The summed E-state index contributed by atoms with van der Waals surface area (Å²) in [6, 6.07) is 7.22. The molecule has 0 aromatic heterocycles. The molecule has 0 aliphatic rings. The second-order valence-electron chi connectivity index (χ2n) is 3.27. The minimum atomic E-state index is -0.517. The molecule has 0 fully saturated rings. The Morgan fingerprint density at radius 1 is 1.29 bits per heavy atom. The quantitative estimate of drug-likeness (QED) is 0.687. The monoisotopic (exact) mass is 297 g/mol. The molecule has 90 valence electrons. The number of halogens is 1. The molecule has 0 unspecified atom stereocenters. The highest BCUT2D eigenvalue weighted by Crippen LogP contribution is 2.16. The van der Waals surface area contributed by atoms with Gasteiger partial charge in [-0.2, -0.15) is 0 Å². The Bertz CT molecular complexity index is 451. The summed E-state index contributed by atoms with van der Waals surface area (Å²) < 4.78 is 5.45. The van der Waals surface area contributed by atoms with Crippen molar-refractivity contribution in [3.63, 3.8) is 0 Å². The predicted octanol–water partition coefficient (Wildman–Crippen LogP) is 2.10. The molecule has 17 heavy (non-hydrogen) atoms. The fraction of sp³-hybridized carbons (Fsp3) is 0.167. The van der Waals surface area contributed by atoms with Gasteiger partial charge in [-0.15, -0.1) is 0 Å². The van der Waals surface area contributed by atoms with Crippen molar-refractivity contribution in [1.82, 2.24) is 5.32 Å². The van der Waals surface area contributed by atoms with Crippen molar-refractivity contribution >= 4 is 33.5 Å². The fourth-order valence-corrected chi connectivity index (χ4v) is 1.45. The molecule has 0 saturated carbocycles. The van der Waals surface area contributed by atoms with E-state index < -0.39 is 5.97 Å². The van der Waals surface area contributed by atoms with Gasteiger partial charge in [0.2, 0.25) is 5.91 Å². The van der Waals surface area contributed by atoms with Crippen molar-refractivity contribution in [2.75, 3.05) is 7.11 Å². The van der Waals surface area contributed by atoms with Crippen LogP contribution in [0.4, 0.5) is 0 Å². The van der Waals surface area contributed by atoms with Gasteiger partial charge in [-0.3, -0.25) is 4.79 Å². The molecule has 1 amide bonds. The first kappa shape index (κ1) is 13.4. The average molecular weight is 298 g/mol. The second kappa shape index (κ2) is 6.20. The minimum Gasteiger partial charge on any atom is -0.466 e. The maximum atomic E-state index is 11.2. The first-order chi connectivity index (χ1) is 8.02. The summed E-state index contributed by atoms with van der Waals surface area (Å²) in [5.74, 6) is -0.764. The number of carbonyl (C=O) groups excluding carboxylic acids is 2. The van der Waals surface area contributed by atoms with E-state index in [-0.39, 0.29) is 5.91 Å². The summed E-state index contributed by atoms with van der Waals surface area (Å²) in [4.78, 5) is 22.2. The molecule has 4 nitrogen and oxygen atoms in total. The molecule has 0 saturated heterocycles. The molecule has 0 atom stereocenters. The van der Waals surface area contributed by atoms with E-state index in [1.165, 1.54) is 20.1 Å². The number of hydrogen-bond acceptors (Lipinski definition) is 3. The number of nitrogens with one attached hydrogen (secondary N) is 1. The van der Waals surface area contributed by atoms with Crippen molar-refractivity contribution < 1.29 is 14.3 Å². The highest BCUT2D eigenvalue weighted by atomic mass is 79.9. The van der Waals surface area contributed by atoms with Crippen LogP contribution >= 0.6 is 15.9 Å². The van der Waals surface area contributed by atoms with Crippen LogP contribution < -0.4 is 5.32 Å². The third kappa shape index (κ3) is 4.40. The number of ether oxygens (including phenoxy) is 1. The molecule has 1 aromatic carbocycles. The number of benzene rings is 1. The molecule has 0 spiro atoms. The number of carbonyl (C=O) groups is 2. The molecular weight excluding hydrogens is 286 g/mol. The van der Waals surface area contributed by atoms with Crippen molar-refractivity contribution in [2.24, 2.45) is 0 Å². The first-order valence-electron chi connectivity index (χ1n) is 4.86. The Kier molecular flexibility index (Phi) is 4.90. The van der Waals surface area contributed by atoms with Crippen LogP contribution in [0, 0.1) is 0 Å². The summed E-state index contributed by atoms with van der Waals surface area (Å²) in [5, 5.41) is 2.59. The van der Waals surface area contributed by atoms with Gasteiger partial charge in [0, 0.05) is 17.5 Å². The maximum Gasteiger partial charge on any atom is 0.332 e. The summed E-state index contributed by atoms with van der Waals surface area (Å²) in [5.41, 5.74) is 1.14. The van der Waals surface area contributed by atoms with Crippen molar-refractivity contribution in [2.45, 2.75) is 6.92 Å². The summed E-state index contributed by atoms with van der Waals surface area (Å²) in [7, 11) is 1.28. The number of hydrogen-bond donors (Lipinski definition) is 1. The van der Waals surface area contributed by atoms with E-state index in [0.29, 0.717) is 5.70 Å². The molecule has 1 aromatic rings.